The maximum Gasteiger partial charge on any atom is 0.410 e. The molecule has 174 valence electrons. The van der Waals surface area contributed by atoms with Crippen LogP contribution in [0.1, 0.15) is 47.1 Å². The highest BCUT2D eigenvalue weighted by Gasteiger charge is 2.27. The van der Waals surface area contributed by atoms with Crippen LogP contribution in [-0.4, -0.2) is 82.3 Å². The average molecular weight is 436 g/mol. The highest BCUT2D eigenvalue weighted by molar-refractivity contribution is 5.69. The number of anilines is 1. The molecule has 1 aromatic rings. The number of piperazine rings is 1. The van der Waals surface area contributed by atoms with E-state index >= 15 is 0 Å². The smallest absolute Gasteiger partial charge is 0.410 e. The zero-order valence-corrected chi connectivity index (χ0v) is 19.7. The SMILES string of the molecule is CC(C)(C)OC(=O)N1CCN(CCN(Cc2ccncc2N)C(=O)OC(C)(C)C)CC1. The van der Waals surface area contributed by atoms with Gasteiger partial charge in [-0.25, -0.2) is 9.59 Å². The van der Waals surface area contributed by atoms with Crippen LogP contribution in [0.5, 0.6) is 0 Å². The standard InChI is InChI=1S/C22H37N5O4/c1-21(2,3)30-19(28)26-12-9-25(10-13-26)11-14-27(20(29)31-22(4,5)6)16-17-7-8-24-15-18(17)23/h7-8,15H,9-14,16,23H2,1-6H3. The molecule has 31 heavy (non-hydrogen) atoms. The molecule has 2 N–H and O–H groups in total. The maximum absolute atomic E-state index is 12.8. The van der Waals surface area contributed by atoms with Gasteiger partial charge in [-0.15, -0.1) is 0 Å². The molecule has 2 heterocycles. The molecular formula is C22H37N5O4. The number of nitrogens with two attached hydrogens (primary N) is 1. The van der Waals surface area contributed by atoms with E-state index in [2.05, 4.69) is 9.88 Å². The number of ether oxygens (including phenoxy) is 2. The Hall–Kier alpha value is -2.55. The number of nitrogen functional groups attached to an aromatic ring is 1. The first-order valence-corrected chi connectivity index (χ1v) is 10.7. The fourth-order valence-electron chi connectivity index (χ4n) is 3.09. The highest BCUT2D eigenvalue weighted by Crippen LogP contribution is 2.17. The van der Waals surface area contributed by atoms with Gasteiger partial charge in [0, 0.05) is 45.5 Å². The van der Waals surface area contributed by atoms with Crippen molar-refractivity contribution in [1.29, 1.82) is 0 Å². The van der Waals surface area contributed by atoms with Gasteiger partial charge in [-0.3, -0.25) is 9.88 Å². The monoisotopic (exact) mass is 435 g/mol. The van der Waals surface area contributed by atoms with Crippen molar-refractivity contribution in [1.82, 2.24) is 19.7 Å². The normalized spacial score (nSPS) is 15.5. The molecule has 0 aliphatic carbocycles. The Morgan fingerprint density at radius 3 is 2.23 bits per heavy atom. The van der Waals surface area contributed by atoms with Crippen LogP contribution in [-0.2, 0) is 16.0 Å². The molecular weight excluding hydrogens is 398 g/mol. The zero-order chi connectivity index (χ0) is 23.2. The maximum atomic E-state index is 12.8. The quantitative estimate of drug-likeness (QED) is 0.759. The van der Waals surface area contributed by atoms with Crippen molar-refractivity contribution >= 4 is 17.9 Å². The highest BCUT2D eigenvalue weighted by atomic mass is 16.6. The average Bonchev–Trinajstić information content (AvgIpc) is 2.64. The van der Waals surface area contributed by atoms with Gasteiger partial charge in [-0.05, 0) is 53.2 Å². The molecule has 0 unspecified atom stereocenters. The summed E-state index contributed by atoms with van der Waals surface area (Å²) < 4.78 is 11.0. The van der Waals surface area contributed by atoms with Crippen LogP contribution in [0.3, 0.4) is 0 Å². The number of rotatable bonds is 5. The van der Waals surface area contributed by atoms with Gasteiger partial charge in [0.05, 0.1) is 18.4 Å². The van der Waals surface area contributed by atoms with Crippen LogP contribution < -0.4 is 5.73 Å². The third kappa shape index (κ3) is 8.61. The van der Waals surface area contributed by atoms with E-state index < -0.39 is 11.2 Å². The third-order valence-electron chi connectivity index (χ3n) is 4.67. The summed E-state index contributed by atoms with van der Waals surface area (Å²) in [6, 6.07) is 1.81. The van der Waals surface area contributed by atoms with Crippen molar-refractivity contribution < 1.29 is 19.1 Å². The molecule has 1 aliphatic heterocycles. The van der Waals surface area contributed by atoms with E-state index in [4.69, 9.17) is 15.2 Å². The van der Waals surface area contributed by atoms with Crippen molar-refractivity contribution in [3.63, 3.8) is 0 Å². The second-order valence-electron chi connectivity index (χ2n) is 9.79. The molecule has 1 aliphatic rings. The number of carbonyl (C=O) groups excluding carboxylic acids is 2. The Labute approximate surface area is 185 Å². The van der Waals surface area contributed by atoms with E-state index in [1.54, 1.807) is 22.2 Å². The fraction of sp³-hybridized carbons (Fsp3) is 0.682. The van der Waals surface area contributed by atoms with Crippen LogP contribution in [0.25, 0.3) is 0 Å². The van der Waals surface area contributed by atoms with Gasteiger partial charge in [-0.2, -0.15) is 0 Å². The first kappa shape index (κ1) is 24.7. The second-order valence-corrected chi connectivity index (χ2v) is 9.79. The summed E-state index contributed by atoms with van der Waals surface area (Å²) in [5.41, 5.74) is 6.31. The van der Waals surface area contributed by atoms with Crippen molar-refractivity contribution in [2.24, 2.45) is 0 Å². The summed E-state index contributed by atoms with van der Waals surface area (Å²) in [7, 11) is 0. The molecule has 0 spiro atoms. The zero-order valence-electron chi connectivity index (χ0n) is 19.7. The number of hydrogen-bond acceptors (Lipinski definition) is 7. The summed E-state index contributed by atoms with van der Waals surface area (Å²) in [4.78, 5) is 34.7. The van der Waals surface area contributed by atoms with Gasteiger partial charge in [0.25, 0.3) is 0 Å². The lowest BCUT2D eigenvalue weighted by atomic mass is 10.2. The van der Waals surface area contributed by atoms with E-state index in [1.165, 1.54) is 0 Å². The molecule has 0 atom stereocenters. The molecule has 1 aromatic heterocycles. The Kier molecular flexibility index (Phi) is 8.11. The lowest BCUT2D eigenvalue weighted by molar-refractivity contribution is 0.0112. The van der Waals surface area contributed by atoms with Crippen molar-refractivity contribution in [3.05, 3.63) is 24.0 Å². The van der Waals surface area contributed by atoms with Gasteiger partial charge in [0.15, 0.2) is 0 Å². The Balaban J connectivity index is 1.93. The minimum Gasteiger partial charge on any atom is -0.444 e. The Morgan fingerprint density at radius 1 is 1.06 bits per heavy atom. The molecule has 0 radical (unpaired) electrons. The lowest BCUT2D eigenvalue weighted by Crippen LogP contribution is -2.51. The number of pyridine rings is 1. The number of aromatic nitrogens is 1. The van der Waals surface area contributed by atoms with Crippen molar-refractivity contribution in [3.8, 4) is 0 Å². The van der Waals surface area contributed by atoms with Crippen LogP contribution in [0, 0.1) is 0 Å². The largest absolute Gasteiger partial charge is 0.444 e. The summed E-state index contributed by atoms with van der Waals surface area (Å²) in [6.45, 7) is 15.3. The first-order chi connectivity index (χ1) is 14.3. The van der Waals surface area contributed by atoms with Crippen LogP contribution >= 0.6 is 0 Å². The predicted octanol–water partition coefficient (Wildman–Crippen LogP) is 2.95. The van der Waals surface area contributed by atoms with E-state index in [9.17, 15) is 9.59 Å². The van der Waals surface area contributed by atoms with E-state index in [1.807, 2.05) is 47.6 Å². The van der Waals surface area contributed by atoms with Crippen LogP contribution in [0.4, 0.5) is 15.3 Å². The fourth-order valence-corrected chi connectivity index (χ4v) is 3.09. The second kappa shape index (κ2) is 10.2. The Morgan fingerprint density at radius 2 is 1.68 bits per heavy atom. The first-order valence-electron chi connectivity index (χ1n) is 10.7. The van der Waals surface area contributed by atoms with Gasteiger partial charge >= 0.3 is 12.2 Å². The lowest BCUT2D eigenvalue weighted by Gasteiger charge is -2.36. The molecule has 2 amide bonds. The summed E-state index contributed by atoms with van der Waals surface area (Å²) in [5, 5.41) is 0. The summed E-state index contributed by atoms with van der Waals surface area (Å²) in [6.07, 6.45) is 2.58. The minimum absolute atomic E-state index is 0.282. The number of nitrogens with zero attached hydrogens (tertiary/aromatic N) is 4. The van der Waals surface area contributed by atoms with Crippen molar-refractivity contribution in [2.75, 3.05) is 45.0 Å². The van der Waals surface area contributed by atoms with Crippen LogP contribution in [0.2, 0.25) is 0 Å². The molecule has 1 fully saturated rings. The van der Waals surface area contributed by atoms with Gasteiger partial charge in [-0.1, -0.05) is 0 Å². The van der Waals surface area contributed by atoms with Gasteiger partial charge in [0.1, 0.15) is 11.2 Å². The van der Waals surface area contributed by atoms with E-state index in [-0.39, 0.29) is 12.2 Å². The topological polar surface area (TPSA) is 101 Å². The number of hydrogen-bond donors (Lipinski definition) is 1. The van der Waals surface area contributed by atoms with E-state index in [0.717, 1.165) is 18.7 Å². The third-order valence-corrected chi connectivity index (χ3v) is 4.67. The molecule has 0 bridgehead atoms. The molecule has 2 rings (SSSR count). The summed E-state index contributed by atoms with van der Waals surface area (Å²) in [5.74, 6) is 0. The molecule has 0 saturated carbocycles. The molecule has 0 aromatic carbocycles. The minimum atomic E-state index is -0.585. The molecule has 1 saturated heterocycles. The molecule has 9 heteroatoms. The van der Waals surface area contributed by atoms with Crippen LogP contribution in [0.15, 0.2) is 18.5 Å². The Bertz CT molecular complexity index is 749. The predicted molar refractivity (Wildman–Crippen MR) is 120 cm³/mol. The van der Waals surface area contributed by atoms with Gasteiger partial charge in [0.2, 0.25) is 0 Å². The van der Waals surface area contributed by atoms with E-state index in [0.29, 0.717) is 38.4 Å². The molecule has 9 nitrogen and oxygen atoms in total. The summed E-state index contributed by atoms with van der Waals surface area (Å²) >= 11 is 0. The van der Waals surface area contributed by atoms with Crippen molar-refractivity contribution in [2.45, 2.75) is 59.3 Å². The van der Waals surface area contributed by atoms with Gasteiger partial charge < -0.3 is 25.0 Å². The number of carbonyl (C=O) groups is 2. The number of amides is 2.